The smallest absolute Gasteiger partial charge is 0.550 e. The zero-order chi connectivity index (χ0) is 16.1. The van der Waals surface area contributed by atoms with Gasteiger partial charge in [0.15, 0.2) is 0 Å². The molecule has 0 radical (unpaired) electrons. The molecule has 0 aliphatic heterocycles. The molecule has 23 heavy (non-hydrogen) atoms. The van der Waals surface area contributed by atoms with Crippen LogP contribution >= 0.6 is 0 Å². The predicted octanol–water partition coefficient (Wildman–Crippen LogP) is 0.955. The molecule has 0 bridgehead atoms. The van der Waals surface area contributed by atoms with Crippen LogP contribution < -0.4 is 34.7 Å². The number of aliphatic carboxylic acids is 1. The summed E-state index contributed by atoms with van der Waals surface area (Å²) in [5.74, 6) is 1.62. The van der Waals surface area contributed by atoms with Gasteiger partial charge in [-0.3, -0.25) is 0 Å². The van der Waals surface area contributed by atoms with E-state index in [-0.39, 0.29) is 40.9 Å². The molecule has 0 aromatic rings. The number of carbonyl (C=O) groups is 1. The fraction of sp³-hybridized carbons (Fsp3) is 0.850. The van der Waals surface area contributed by atoms with Crippen molar-refractivity contribution in [3.8, 4) is 0 Å². The van der Waals surface area contributed by atoms with E-state index in [0.717, 1.165) is 31.1 Å². The molecule has 0 N–H and O–H groups in total. The number of rotatable bonds is 2. The van der Waals surface area contributed by atoms with Crippen molar-refractivity contribution in [1.29, 1.82) is 0 Å². The minimum absolute atomic E-state index is 0. The topological polar surface area (TPSA) is 40.1 Å². The standard InChI is InChI=1S/C20H32O2.Na/c1-13(2)14-6-8-16-15(12-14)7-9-17-19(16,3)10-5-11-20(17,4)18(21)22;/h7,13-14,16-17H,5-6,8-12H2,1-4H3,(H,21,22);/q;+1/p-1/t14?,16-,17?,19+,20+;/m0./s1. The first kappa shape index (κ1) is 19.5. The molecule has 124 valence electrons. The quantitative estimate of drug-likeness (QED) is 0.560. The van der Waals surface area contributed by atoms with Crippen molar-refractivity contribution in [2.24, 2.45) is 34.5 Å². The van der Waals surface area contributed by atoms with Gasteiger partial charge in [-0.05, 0) is 67.6 Å². The van der Waals surface area contributed by atoms with E-state index in [1.54, 1.807) is 5.57 Å². The maximum atomic E-state index is 11.8. The third kappa shape index (κ3) is 3.09. The van der Waals surface area contributed by atoms with E-state index in [1.807, 2.05) is 6.92 Å². The van der Waals surface area contributed by atoms with Crippen LogP contribution in [0.3, 0.4) is 0 Å². The summed E-state index contributed by atoms with van der Waals surface area (Å²) < 4.78 is 0. The van der Waals surface area contributed by atoms with E-state index < -0.39 is 11.4 Å². The normalized spacial score (nSPS) is 43.0. The zero-order valence-corrected chi connectivity index (χ0v) is 17.7. The minimum Gasteiger partial charge on any atom is -0.550 e. The first-order valence-corrected chi connectivity index (χ1v) is 9.19. The summed E-state index contributed by atoms with van der Waals surface area (Å²) in [4.78, 5) is 11.8. The van der Waals surface area contributed by atoms with Gasteiger partial charge in [0.25, 0.3) is 0 Å². The largest absolute Gasteiger partial charge is 1.00 e. The molecule has 5 atom stereocenters. The van der Waals surface area contributed by atoms with Crippen molar-refractivity contribution in [2.45, 2.75) is 72.6 Å². The van der Waals surface area contributed by atoms with E-state index in [1.165, 1.54) is 25.7 Å². The van der Waals surface area contributed by atoms with Crippen molar-refractivity contribution in [1.82, 2.24) is 0 Å². The van der Waals surface area contributed by atoms with Crippen LogP contribution in [0.1, 0.15) is 72.6 Å². The van der Waals surface area contributed by atoms with Gasteiger partial charge in [-0.25, -0.2) is 0 Å². The van der Waals surface area contributed by atoms with Crippen LogP contribution in [0.25, 0.3) is 0 Å². The number of hydrogen-bond acceptors (Lipinski definition) is 2. The van der Waals surface area contributed by atoms with Crippen LogP contribution in [0.4, 0.5) is 0 Å². The van der Waals surface area contributed by atoms with Crippen LogP contribution in [-0.2, 0) is 4.79 Å². The maximum Gasteiger partial charge on any atom is 1.00 e. The Morgan fingerprint density at radius 3 is 2.57 bits per heavy atom. The van der Waals surface area contributed by atoms with Gasteiger partial charge in [-0.15, -0.1) is 0 Å². The Morgan fingerprint density at radius 2 is 1.96 bits per heavy atom. The Hall–Kier alpha value is 0.210. The average molecular weight is 326 g/mol. The van der Waals surface area contributed by atoms with Crippen LogP contribution in [0.15, 0.2) is 11.6 Å². The summed E-state index contributed by atoms with van der Waals surface area (Å²) in [6.07, 6.45) is 10.2. The molecule has 2 fully saturated rings. The summed E-state index contributed by atoms with van der Waals surface area (Å²) in [6.45, 7) is 9.01. The average Bonchev–Trinajstić information content (AvgIpc) is 2.46. The molecule has 3 heteroatoms. The second-order valence-corrected chi connectivity index (χ2v) is 8.97. The van der Waals surface area contributed by atoms with Crippen molar-refractivity contribution in [3.63, 3.8) is 0 Å². The molecule has 0 amide bonds. The van der Waals surface area contributed by atoms with Gasteiger partial charge < -0.3 is 9.90 Å². The van der Waals surface area contributed by atoms with Crippen LogP contribution in [0.5, 0.6) is 0 Å². The molecule has 3 rings (SSSR count). The van der Waals surface area contributed by atoms with Gasteiger partial charge in [0.05, 0.1) is 0 Å². The van der Waals surface area contributed by atoms with E-state index in [2.05, 4.69) is 26.8 Å². The maximum absolute atomic E-state index is 11.8. The van der Waals surface area contributed by atoms with Gasteiger partial charge in [0, 0.05) is 11.4 Å². The summed E-state index contributed by atoms with van der Waals surface area (Å²) in [6, 6.07) is 0. The molecule has 2 nitrogen and oxygen atoms in total. The predicted molar refractivity (Wildman–Crippen MR) is 86.9 cm³/mol. The second kappa shape index (κ2) is 6.84. The van der Waals surface area contributed by atoms with Gasteiger partial charge >= 0.3 is 29.6 Å². The second-order valence-electron chi connectivity index (χ2n) is 8.97. The van der Waals surface area contributed by atoms with Crippen LogP contribution in [0.2, 0.25) is 0 Å². The molecule has 2 saturated carbocycles. The Morgan fingerprint density at radius 1 is 1.26 bits per heavy atom. The summed E-state index contributed by atoms with van der Waals surface area (Å²) in [5, 5.41) is 11.8. The van der Waals surface area contributed by atoms with E-state index in [0.29, 0.717) is 5.92 Å². The van der Waals surface area contributed by atoms with Crippen LogP contribution in [-0.4, -0.2) is 5.97 Å². The molecular weight excluding hydrogens is 295 g/mol. The number of allylic oxidation sites excluding steroid dienone is 2. The van der Waals surface area contributed by atoms with Gasteiger partial charge in [0.1, 0.15) is 0 Å². The molecule has 0 spiro atoms. The van der Waals surface area contributed by atoms with Gasteiger partial charge in [-0.2, -0.15) is 0 Å². The monoisotopic (exact) mass is 326 g/mol. The van der Waals surface area contributed by atoms with Crippen molar-refractivity contribution in [3.05, 3.63) is 11.6 Å². The number of fused-ring (bicyclic) bond motifs is 3. The Labute approximate surface area is 163 Å². The van der Waals surface area contributed by atoms with Gasteiger partial charge in [-0.1, -0.05) is 45.8 Å². The minimum atomic E-state index is -0.823. The molecule has 0 aromatic carbocycles. The summed E-state index contributed by atoms with van der Waals surface area (Å²) in [7, 11) is 0. The van der Waals surface area contributed by atoms with E-state index >= 15 is 0 Å². The fourth-order valence-electron chi connectivity index (χ4n) is 6.03. The first-order chi connectivity index (χ1) is 10.3. The Bertz CT molecular complexity index is 498. The molecule has 0 saturated heterocycles. The molecule has 3 aliphatic carbocycles. The van der Waals surface area contributed by atoms with E-state index in [4.69, 9.17) is 0 Å². The molecule has 2 unspecified atom stereocenters. The Balaban J connectivity index is 0.00000192. The molecule has 0 aromatic heterocycles. The zero-order valence-electron chi connectivity index (χ0n) is 15.7. The number of carboxylic acid groups (broad SMARTS) is 1. The van der Waals surface area contributed by atoms with Crippen molar-refractivity contribution < 1.29 is 39.5 Å². The third-order valence-electron chi connectivity index (χ3n) is 7.57. The number of carbonyl (C=O) groups excluding carboxylic acids is 1. The third-order valence-corrected chi connectivity index (χ3v) is 7.57. The summed E-state index contributed by atoms with van der Waals surface area (Å²) >= 11 is 0. The van der Waals surface area contributed by atoms with E-state index in [9.17, 15) is 9.90 Å². The molecule has 0 heterocycles. The summed E-state index contributed by atoms with van der Waals surface area (Å²) in [5.41, 5.74) is 1.18. The van der Waals surface area contributed by atoms with Crippen molar-refractivity contribution in [2.75, 3.05) is 0 Å². The van der Waals surface area contributed by atoms with Crippen LogP contribution in [0, 0.1) is 34.5 Å². The molecule has 3 aliphatic rings. The Kier molecular flexibility index (Phi) is 5.81. The first-order valence-electron chi connectivity index (χ1n) is 9.19. The molecular formula is C20H31NaO2. The number of carboxylic acids is 1. The van der Waals surface area contributed by atoms with Gasteiger partial charge in [0.2, 0.25) is 0 Å². The SMILES string of the molecule is CC(C)C1CC[C@H]2C(=CCC3[C@](C)(C(=O)[O-])CCC[C@@]32C)C1.[Na+]. The van der Waals surface area contributed by atoms with Crippen molar-refractivity contribution >= 4 is 5.97 Å². The number of hydrogen-bond donors (Lipinski definition) is 0. The fourth-order valence-corrected chi connectivity index (χ4v) is 6.03.